The molecule has 0 bridgehead atoms. The fourth-order valence-corrected chi connectivity index (χ4v) is 4.98. The molecule has 0 N–H and O–H groups in total. The Bertz CT molecular complexity index is 652. The first-order chi connectivity index (χ1) is 11.9. The smallest absolute Gasteiger partial charge is 0.320 e. The van der Waals surface area contributed by atoms with Crippen molar-refractivity contribution >= 4 is 39.2 Å². The fraction of sp³-hybridized carbons (Fsp3) is 0.647. The molecule has 2 aliphatic rings. The number of nitrogens with zero attached hydrogens (tertiary/aromatic N) is 4. The van der Waals surface area contributed by atoms with E-state index in [1.165, 1.54) is 11.3 Å². The highest BCUT2D eigenvalue weighted by Crippen LogP contribution is 2.25. The van der Waals surface area contributed by atoms with Crippen LogP contribution in [0.15, 0.2) is 15.9 Å². The molecule has 3 rings (SSSR count). The third-order valence-corrected chi connectivity index (χ3v) is 6.91. The van der Waals surface area contributed by atoms with Gasteiger partial charge >= 0.3 is 6.03 Å². The molecule has 0 spiro atoms. The van der Waals surface area contributed by atoms with Gasteiger partial charge in [0.2, 0.25) is 0 Å². The van der Waals surface area contributed by atoms with Crippen LogP contribution in [0.5, 0.6) is 0 Å². The Morgan fingerprint density at radius 2 is 1.80 bits per heavy atom. The van der Waals surface area contributed by atoms with Gasteiger partial charge in [-0.05, 0) is 54.5 Å². The van der Waals surface area contributed by atoms with Crippen molar-refractivity contribution in [3.8, 4) is 0 Å². The minimum atomic E-state index is 0.0285. The lowest BCUT2D eigenvalue weighted by Crippen LogP contribution is -2.47. The van der Waals surface area contributed by atoms with Gasteiger partial charge in [-0.25, -0.2) is 4.79 Å². The van der Waals surface area contributed by atoms with E-state index in [1.807, 2.05) is 36.0 Å². The molecule has 2 fully saturated rings. The number of likely N-dealkylation sites (tertiary alicyclic amines) is 2. The van der Waals surface area contributed by atoms with Crippen molar-refractivity contribution in [2.75, 3.05) is 47.3 Å². The van der Waals surface area contributed by atoms with Gasteiger partial charge < -0.3 is 19.6 Å². The van der Waals surface area contributed by atoms with E-state index in [1.54, 1.807) is 4.90 Å². The highest BCUT2D eigenvalue weighted by Gasteiger charge is 2.35. The first-order valence-electron chi connectivity index (χ1n) is 8.59. The van der Waals surface area contributed by atoms with Crippen LogP contribution < -0.4 is 0 Å². The zero-order valence-electron chi connectivity index (χ0n) is 14.9. The average Bonchev–Trinajstić information content (AvgIpc) is 3.32. The SMILES string of the molecule is CN1CC[C@@H](N(C)C(=O)N2CC[C@H](N(C)C(=O)c3ccc(Br)s3)C2)C1. The number of urea groups is 1. The number of halogens is 1. The molecule has 0 aromatic carbocycles. The van der Waals surface area contributed by atoms with Crippen LogP contribution in [-0.4, -0.2) is 90.9 Å². The number of carbonyl (C=O) groups is 2. The van der Waals surface area contributed by atoms with Gasteiger partial charge in [-0.2, -0.15) is 0 Å². The van der Waals surface area contributed by atoms with E-state index >= 15 is 0 Å². The quantitative estimate of drug-likeness (QED) is 0.742. The van der Waals surface area contributed by atoms with Crippen LogP contribution in [-0.2, 0) is 0 Å². The molecule has 0 radical (unpaired) electrons. The molecule has 3 heterocycles. The molecule has 25 heavy (non-hydrogen) atoms. The maximum Gasteiger partial charge on any atom is 0.320 e. The predicted octanol–water partition coefficient (Wildman–Crippen LogP) is 2.41. The zero-order chi connectivity index (χ0) is 18.1. The lowest BCUT2D eigenvalue weighted by molar-refractivity contribution is 0.0739. The fourth-order valence-electron chi connectivity index (χ4n) is 3.61. The molecule has 2 aliphatic heterocycles. The molecule has 0 aliphatic carbocycles. The third kappa shape index (κ3) is 4.01. The van der Waals surface area contributed by atoms with Gasteiger partial charge in [0, 0.05) is 39.8 Å². The van der Waals surface area contributed by atoms with Gasteiger partial charge in [-0.1, -0.05) is 0 Å². The van der Waals surface area contributed by atoms with Gasteiger partial charge in [-0.3, -0.25) is 4.79 Å². The molecule has 2 atom stereocenters. The summed E-state index contributed by atoms with van der Waals surface area (Å²) >= 11 is 4.84. The number of hydrogen-bond donors (Lipinski definition) is 0. The van der Waals surface area contributed by atoms with E-state index < -0.39 is 0 Å². The lowest BCUT2D eigenvalue weighted by atomic mass is 10.2. The number of likely N-dealkylation sites (N-methyl/N-ethyl adjacent to an activating group) is 3. The molecule has 2 saturated heterocycles. The second-order valence-corrected chi connectivity index (χ2v) is 9.47. The van der Waals surface area contributed by atoms with E-state index in [0.29, 0.717) is 19.1 Å². The summed E-state index contributed by atoms with van der Waals surface area (Å²) in [5.74, 6) is 0.0285. The second-order valence-electron chi connectivity index (χ2n) is 7.01. The average molecular weight is 429 g/mol. The van der Waals surface area contributed by atoms with Gasteiger partial charge in [0.15, 0.2) is 0 Å². The third-order valence-electron chi connectivity index (χ3n) is 5.30. The summed E-state index contributed by atoms with van der Waals surface area (Å²) in [5.41, 5.74) is 0. The van der Waals surface area contributed by atoms with Crippen LogP contribution in [0.2, 0.25) is 0 Å². The summed E-state index contributed by atoms with van der Waals surface area (Å²) < 4.78 is 0.954. The zero-order valence-corrected chi connectivity index (χ0v) is 17.3. The van der Waals surface area contributed by atoms with Crippen molar-refractivity contribution in [3.63, 3.8) is 0 Å². The van der Waals surface area contributed by atoms with Gasteiger partial charge in [0.1, 0.15) is 0 Å². The van der Waals surface area contributed by atoms with Crippen molar-refractivity contribution in [2.45, 2.75) is 24.9 Å². The van der Waals surface area contributed by atoms with Gasteiger partial charge in [0.25, 0.3) is 5.91 Å². The molecule has 1 aromatic heterocycles. The van der Waals surface area contributed by atoms with Crippen molar-refractivity contribution in [1.29, 1.82) is 0 Å². The Morgan fingerprint density at radius 1 is 1.12 bits per heavy atom. The minimum absolute atomic E-state index is 0.0285. The van der Waals surface area contributed by atoms with E-state index in [2.05, 4.69) is 27.9 Å². The largest absolute Gasteiger partial charge is 0.336 e. The summed E-state index contributed by atoms with van der Waals surface area (Å²) in [4.78, 5) is 33.9. The van der Waals surface area contributed by atoms with Crippen LogP contribution in [0.1, 0.15) is 22.5 Å². The number of carbonyl (C=O) groups excluding carboxylic acids is 2. The van der Waals surface area contributed by atoms with E-state index in [0.717, 1.165) is 34.6 Å². The number of hydrogen-bond acceptors (Lipinski definition) is 4. The summed E-state index contributed by atoms with van der Waals surface area (Å²) in [7, 11) is 5.83. The van der Waals surface area contributed by atoms with Gasteiger partial charge in [0.05, 0.1) is 14.7 Å². The van der Waals surface area contributed by atoms with Crippen LogP contribution in [0, 0.1) is 0 Å². The first-order valence-corrected chi connectivity index (χ1v) is 10.2. The second kappa shape index (κ2) is 7.63. The molecule has 0 unspecified atom stereocenters. The Kier molecular flexibility index (Phi) is 5.70. The lowest BCUT2D eigenvalue weighted by Gasteiger charge is -2.30. The van der Waals surface area contributed by atoms with E-state index in [-0.39, 0.29) is 18.0 Å². The first kappa shape index (κ1) is 18.7. The van der Waals surface area contributed by atoms with Crippen molar-refractivity contribution < 1.29 is 9.59 Å². The predicted molar refractivity (Wildman–Crippen MR) is 103 cm³/mol. The summed E-state index contributed by atoms with van der Waals surface area (Å²) in [5, 5.41) is 0. The Morgan fingerprint density at radius 3 is 2.40 bits per heavy atom. The molecule has 138 valence electrons. The molecule has 0 saturated carbocycles. The standard InChI is InChI=1S/C17H25BrN4O2S/c1-19-8-6-12(10-19)21(3)17(24)22-9-7-13(11-22)20(2)16(23)14-4-5-15(18)25-14/h4-5,12-13H,6-11H2,1-3H3/t12-,13+/m1/s1. The molecule has 8 heteroatoms. The number of thiophene rings is 1. The van der Waals surface area contributed by atoms with E-state index in [4.69, 9.17) is 0 Å². The highest BCUT2D eigenvalue weighted by molar-refractivity contribution is 9.11. The number of amides is 3. The molecular formula is C17H25BrN4O2S. The highest BCUT2D eigenvalue weighted by atomic mass is 79.9. The van der Waals surface area contributed by atoms with Crippen LogP contribution in [0.3, 0.4) is 0 Å². The van der Waals surface area contributed by atoms with Crippen molar-refractivity contribution in [1.82, 2.24) is 19.6 Å². The van der Waals surface area contributed by atoms with Crippen LogP contribution in [0.4, 0.5) is 4.79 Å². The van der Waals surface area contributed by atoms with Crippen molar-refractivity contribution in [2.24, 2.45) is 0 Å². The maximum absolute atomic E-state index is 12.8. The van der Waals surface area contributed by atoms with Crippen molar-refractivity contribution in [3.05, 3.63) is 20.8 Å². The number of rotatable bonds is 3. The van der Waals surface area contributed by atoms with Crippen LogP contribution >= 0.6 is 27.3 Å². The Hall–Kier alpha value is -1.12. The van der Waals surface area contributed by atoms with Crippen LogP contribution in [0.25, 0.3) is 0 Å². The normalized spacial score (nSPS) is 23.9. The summed E-state index contributed by atoms with van der Waals surface area (Å²) in [6, 6.07) is 4.19. The molecule has 3 amide bonds. The van der Waals surface area contributed by atoms with E-state index in [9.17, 15) is 9.59 Å². The Balaban J connectivity index is 1.57. The minimum Gasteiger partial charge on any atom is -0.336 e. The Labute approximate surface area is 161 Å². The molecular weight excluding hydrogens is 404 g/mol. The topological polar surface area (TPSA) is 47.1 Å². The monoisotopic (exact) mass is 428 g/mol. The molecule has 1 aromatic rings. The summed E-state index contributed by atoms with van der Waals surface area (Å²) in [6.45, 7) is 3.30. The van der Waals surface area contributed by atoms with Gasteiger partial charge in [-0.15, -0.1) is 11.3 Å². The summed E-state index contributed by atoms with van der Waals surface area (Å²) in [6.07, 6.45) is 1.86. The maximum atomic E-state index is 12.8. The molecule has 6 nitrogen and oxygen atoms in total.